The van der Waals surface area contributed by atoms with E-state index in [1.165, 1.54) is 88.4 Å². The minimum absolute atomic E-state index is 0.382. The summed E-state index contributed by atoms with van der Waals surface area (Å²) in [5.74, 6) is 1.76. The number of hydrogen-bond donors (Lipinski definition) is 0. The van der Waals surface area contributed by atoms with Crippen LogP contribution in [-0.4, -0.2) is 18.7 Å². The van der Waals surface area contributed by atoms with Gasteiger partial charge in [0.1, 0.15) is 17.0 Å². The van der Waals surface area contributed by atoms with Gasteiger partial charge in [0.05, 0.1) is 27.8 Å². The zero-order valence-electron chi connectivity index (χ0n) is 40.8. The minimum atomic E-state index is 0.382. The quantitative estimate of drug-likeness (QED) is 0.137. The highest BCUT2D eigenvalue weighted by Crippen LogP contribution is 2.41. The molecular weight excluding hydrogens is 865 g/mol. The summed E-state index contributed by atoms with van der Waals surface area (Å²) in [4.78, 5) is 4.82. The Hall–Kier alpha value is -8.41. The third kappa shape index (κ3) is 7.09. The van der Waals surface area contributed by atoms with Gasteiger partial charge in [-0.15, -0.1) is 0 Å². The maximum absolute atomic E-state index is 6.48. The predicted octanol–water partition coefficient (Wildman–Crippen LogP) is 17.9. The van der Waals surface area contributed by atoms with Gasteiger partial charge in [-0.1, -0.05) is 135 Å². The van der Waals surface area contributed by atoms with Gasteiger partial charge in [0.15, 0.2) is 0 Å². The zero-order chi connectivity index (χ0) is 47.9. The largest absolute Gasteiger partial charge is 0.456 e. The van der Waals surface area contributed by atoms with Crippen LogP contribution in [0.1, 0.15) is 66.3 Å². The second-order valence-corrected chi connectivity index (χ2v) is 19.8. The van der Waals surface area contributed by atoms with Crippen molar-refractivity contribution in [1.29, 1.82) is 0 Å². The standard InChI is InChI=1S/C66H54N4O/c1-6-45(36-42(3)46-22-24-47(25-23-46)66-67-32-33-68(66)65-43(4)34-41(2)35-44(65)5)48-14-13-15-51(37-48)69-61-21-12-9-18-55(61)56-38-49(26-29-62(56)69)50-27-30-63-57(39-50)58-40-52(28-31-64(58)71-63)70-59-19-10-7-16-53(59)54-17-8-11-20-60(54)70/h7-35,37-40,42,45H,6,36H2,1-5H3. The molecule has 0 fully saturated rings. The first kappa shape index (κ1) is 42.7. The Bertz CT molecular complexity index is 4120. The molecule has 13 aromatic rings. The highest BCUT2D eigenvalue weighted by atomic mass is 16.3. The fourth-order valence-electron chi connectivity index (χ4n) is 11.9. The molecule has 0 saturated carbocycles. The number of fused-ring (bicyclic) bond motifs is 9. The van der Waals surface area contributed by atoms with Gasteiger partial charge in [0, 0.05) is 61.6 Å². The zero-order valence-corrected chi connectivity index (χ0v) is 40.8. The Morgan fingerprint density at radius 2 is 1.03 bits per heavy atom. The summed E-state index contributed by atoms with van der Waals surface area (Å²) in [7, 11) is 0. The average Bonchev–Trinajstić information content (AvgIpc) is 4.18. The maximum Gasteiger partial charge on any atom is 0.144 e. The number of hydrogen-bond acceptors (Lipinski definition) is 2. The van der Waals surface area contributed by atoms with Crippen molar-refractivity contribution in [1.82, 2.24) is 18.7 Å². The minimum Gasteiger partial charge on any atom is -0.456 e. The molecule has 0 saturated heterocycles. The van der Waals surface area contributed by atoms with Crippen LogP contribution in [0.5, 0.6) is 0 Å². The first-order valence-corrected chi connectivity index (χ1v) is 25.1. The molecule has 0 aliphatic heterocycles. The van der Waals surface area contributed by atoms with Crippen molar-refractivity contribution in [2.45, 2.75) is 59.3 Å². The number of para-hydroxylation sites is 3. The van der Waals surface area contributed by atoms with E-state index >= 15 is 0 Å². The van der Waals surface area contributed by atoms with E-state index in [1.807, 2.05) is 6.20 Å². The molecule has 2 atom stereocenters. The van der Waals surface area contributed by atoms with E-state index in [1.54, 1.807) is 0 Å². The highest BCUT2D eigenvalue weighted by Gasteiger charge is 2.21. The summed E-state index contributed by atoms with van der Waals surface area (Å²) in [5, 5.41) is 7.22. The molecule has 5 nitrogen and oxygen atoms in total. The lowest BCUT2D eigenvalue weighted by Crippen LogP contribution is -2.05. The molecule has 344 valence electrons. The molecule has 0 amide bonds. The molecule has 5 heteroatoms. The van der Waals surface area contributed by atoms with Crippen molar-refractivity contribution in [3.8, 4) is 39.6 Å². The van der Waals surface area contributed by atoms with Crippen molar-refractivity contribution < 1.29 is 4.42 Å². The average molecular weight is 919 g/mol. The number of rotatable bonds is 10. The van der Waals surface area contributed by atoms with Crippen molar-refractivity contribution in [2.75, 3.05) is 0 Å². The smallest absolute Gasteiger partial charge is 0.144 e. The van der Waals surface area contributed by atoms with E-state index < -0.39 is 0 Å². The molecule has 0 spiro atoms. The van der Waals surface area contributed by atoms with Crippen LogP contribution in [0.2, 0.25) is 0 Å². The molecule has 9 aromatic carbocycles. The van der Waals surface area contributed by atoms with Gasteiger partial charge in [-0.2, -0.15) is 0 Å². The third-order valence-electron chi connectivity index (χ3n) is 15.3. The monoisotopic (exact) mass is 918 g/mol. The molecule has 0 N–H and O–H groups in total. The lowest BCUT2D eigenvalue weighted by atomic mass is 9.84. The Kier molecular flexibility index (Phi) is 10.2. The Morgan fingerprint density at radius 3 is 1.69 bits per heavy atom. The van der Waals surface area contributed by atoms with Crippen LogP contribution in [0.3, 0.4) is 0 Å². The summed E-state index contributed by atoms with van der Waals surface area (Å²) < 4.78 is 13.5. The third-order valence-corrected chi connectivity index (χ3v) is 15.3. The molecular formula is C66H54N4O. The number of aryl methyl sites for hydroxylation is 3. The van der Waals surface area contributed by atoms with Crippen LogP contribution in [0.25, 0.3) is 105 Å². The van der Waals surface area contributed by atoms with Crippen molar-refractivity contribution in [2.24, 2.45) is 0 Å². The van der Waals surface area contributed by atoms with Crippen LogP contribution in [0, 0.1) is 20.8 Å². The molecule has 0 aliphatic carbocycles. The lowest BCUT2D eigenvalue weighted by molar-refractivity contribution is 0.544. The highest BCUT2D eigenvalue weighted by molar-refractivity contribution is 6.13. The fourth-order valence-corrected chi connectivity index (χ4v) is 11.9. The van der Waals surface area contributed by atoms with Crippen molar-refractivity contribution >= 4 is 65.6 Å². The van der Waals surface area contributed by atoms with Crippen LogP contribution in [-0.2, 0) is 0 Å². The molecule has 0 aliphatic rings. The predicted molar refractivity (Wildman–Crippen MR) is 297 cm³/mol. The summed E-state index contributed by atoms with van der Waals surface area (Å²) in [6.45, 7) is 11.3. The van der Waals surface area contributed by atoms with Gasteiger partial charge in [-0.05, 0) is 152 Å². The van der Waals surface area contributed by atoms with E-state index in [4.69, 9.17) is 9.40 Å². The normalized spacial score (nSPS) is 12.9. The second kappa shape index (κ2) is 16.9. The Labute approximate surface area is 413 Å². The summed E-state index contributed by atoms with van der Waals surface area (Å²) in [6, 6.07) is 69.3. The number of furan rings is 1. The molecule has 13 rings (SSSR count). The van der Waals surface area contributed by atoms with Crippen LogP contribution >= 0.6 is 0 Å². The number of nitrogens with zero attached hydrogens (tertiary/aromatic N) is 4. The SMILES string of the molecule is CCC(CC(C)c1ccc(-c2nccn2-c2c(C)cc(C)cc2C)cc1)c1cccc(-n2c3ccccc3c3cc(-c4ccc5oc6ccc(-n7c8ccccc8c8ccccc87)cc6c5c4)ccc32)c1. The van der Waals surface area contributed by atoms with Crippen LogP contribution < -0.4 is 0 Å². The lowest BCUT2D eigenvalue weighted by Gasteiger charge is -2.22. The van der Waals surface area contributed by atoms with Gasteiger partial charge >= 0.3 is 0 Å². The molecule has 4 aromatic heterocycles. The molecule has 0 radical (unpaired) electrons. The number of aromatic nitrogens is 4. The van der Waals surface area contributed by atoms with Crippen LogP contribution in [0.4, 0.5) is 0 Å². The van der Waals surface area contributed by atoms with E-state index in [-0.39, 0.29) is 0 Å². The van der Waals surface area contributed by atoms with Gasteiger partial charge < -0.3 is 13.6 Å². The topological polar surface area (TPSA) is 40.8 Å². The van der Waals surface area contributed by atoms with Crippen molar-refractivity contribution in [3.05, 3.63) is 228 Å². The first-order chi connectivity index (χ1) is 34.8. The van der Waals surface area contributed by atoms with E-state index in [9.17, 15) is 0 Å². The summed E-state index contributed by atoms with van der Waals surface area (Å²) in [6.07, 6.45) is 6.12. The molecule has 4 heterocycles. The van der Waals surface area contributed by atoms with Gasteiger partial charge in [-0.25, -0.2) is 4.98 Å². The fraction of sp³-hybridized carbons (Fsp3) is 0.136. The summed E-state index contributed by atoms with van der Waals surface area (Å²) >= 11 is 0. The van der Waals surface area contributed by atoms with Crippen LogP contribution in [0.15, 0.2) is 205 Å². The van der Waals surface area contributed by atoms with Gasteiger partial charge in [-0.3, -0.25) is 4.57 Å². The first-order valence-electron chi connectivity index (χ1n) is 25.1. The van der Waals surface area contributed by atoms with Gasteiger partial charge in [0.2, 0.25) is 0 Å². The Balaban J connectivity index is 0.807. The molecule has 0 bridgehead atoms. The molecule has 2 unspecified atom stereocenters. The number of benzene rings is 9. The molecule has 71 heavy (non-hydrogen) atoms. The van der Waals surface area contributed by atoms with Crippen molar-refractivity contribution in [3.63, 3.8) is 0 Å². The Morgan fingerprint density at radius 1 is 0.479 bits per heavy atom. The van der Waals surface area contributed by atoms with Gasteiger partial charge in [0.25, 0.3) is 0 Å². The maximum atomic E-state index is 6.48. The van der Waals surface area contributed by atoms with E-state index in [0.717, 1.165) is 57.4 Å². The van der Waals surface area contributed by atoms with E-state index in [0.29, 0.717) is 11.8 Å². The van der Waals surface area contributed by atoms with E-state index in [2.05, 4.69) is 243 Å². The second-order valence-electron chi connectivity index (χ2n) is 19.8. The number of imidazole rings is 1. The summed E-state index contributed by atoms with van der Waals surface area (Å²) in [5.41, 5.74) is 20.1.